The number of rotatable bonds is 9. The van der Waals surface area contributed by atoms with Gasteiger partial charge in [-0.05, 0) is 65.1 Å². The van der Waals surface area contributed by atoms with Gasteiger partial charge in [0.25, 0.3) is 0 Å². The Hall–Kier alpha value is -1.26. The van der Waals surface area contributed by atoms with Gasteiger partial charge in [-0.25, -0.2) is 0 Å². The van der Waals surface area contributed by atoms with E-state index in [1.165, 1.54) is 5.56 Å². The highest BCUT2D eigenvalue weighted by atomic mass is 16.5. The number of hydrogen-bond acceptors (Lipinski definition) is 4. The molecule has 21 heavy (non-hydrogen) atoms. The molecule has 0 radical (unpaired) electrons. The van der Waals surface area contributed by atoms with Crippen LogP contribution in [0.2, 0.25) is 0 Å². The molecule has 120 valence electrons. The van der Waals surface area contributed by atoms with Gasteiger partial charge in [-0.15, -0.1) is 0 Å². The van der Waals surface area contributed by atoms with Crippen LogP contribution >= 0.6 is 0 Å². The molecule has 0 heterocycles. The smallest absolute Gasteiger partial charge is 0.143 e. The number of benzene rings is 1. The van der Waals surface area contributed by atoms with Crippen molar-refractivity contribution in [1.82, 2.24) is 10.2 Å². The van der Waals surface area contributed by atoms with Crippen LogP contribution in [0.4, 0.5) is 5.69 Å². The minimum atomic E-state index is 0.187. The molecule has 0 aliphatic heterocycles. The minimum absolute atomic E-state index is 0.187. The van der Waals surface area contributed by atoms with Crippen molar-refractivity contribution >= 4 is 5.69 Å². The third-order valence-corrected chi connectivity index (χ3v) is 3.16. The second kappa shape index (κ2) is 8.90. The topological polar surface area (TPSA) is 27.7 Å². The summed E-state index contributed by atoms with van der Waals surface area (Å²) < 4.78 is 5.93. The fraction of sp³-hybridized carbons (Fsp3) is 0.647. The molecule has 0 spiro atoms. The van der Waals surface area contributed by atoms with Crippen LogP contribution in [-0.4, -0.2) is 52.3 Å². The molecule has 4 heteroatoms. The van der Waals surface area contributed by atoms with E-state index >= 15 is 0 Å². The quantitative estimate of drug-likeness (QED) is 0.708. The summed E-state index contributed by atoms with van der Waals surface area (Å²) in [5.41, 5.74) is 2.39. The second-order valence-electron chi connectivity index (χ2n) is 6.20. The molecule has 0 saturated carbocycles. The van der Waals surface area contributed by atoms with Crippen molar-refractivity contribution in [2.24, 2.45) is 0 Å². The first-order valence-electron chi connectivity index (χ1n) is 7.72. The number of ether oxygens (including phenoxy) is 1. The van der Waals surface area contributed by atoms with Crippen LogP contribution in [-0.2, 0) is 6.54 Å². The van der Waals surface area contributed by atoms with Crippen LogP contribution in [0.15, 0.2) is 18.2 Å². The maximum atomic E-state index is 5.93. The molecule has 1 rings (SSSR count). The summed E-state index contributed by atoms with van der Waals surface area (Å²) >= 11 is 0. The standard InChI is InChI=1S/C17H31N3O/c1-14(2)21-17-12-15(8-9-16(17)20(5)6)13-18-10-7-11-19(3)4/h8-9,12,14,18H,7,10-11,13H2,1-6H3. The molecule has 1 aromatic carbocycles. The Morgan fingerprint density at radius 3 is 2.43 bits per heavy atom. The first-order valence-corrected chi connectivity index (χ1v) is 7.72. The molecular weight excluding hydrogens is 262 g/mol. The van der Waals surface area contributed by atoms with Gasteiger partial charge >= 0.3 is 0 Å². The summed E-state index contributed by atoms with van der Waals surface area (Å²) in [4.78, 5) is 4.30. The minimum Gasteiger partial charge on any atom is -0.489 e. The average molecular weight is 293 g/mol. The fourth-order valence-corrected chi connectivity index (χ4v) is 2.14. The molecule has 0 atom stereocenters. The SMILES string of the molecule is CC(C)Oc1cc(CNCCCN(C)C)ccc1N(C)C. The zero-order valence-electron chi connectivity index (χ0n) is 14.4. The van der Waals surface area contributed by atoms with Gasteiger partial charge in [0, 0.05) is 20.6 Å². The lowest BCUT2D eigenvalue weighted by Gasteiger charge is -2.20. The third-order valence-electron chi connectivity index (χ3n) is 3.16. The van der Waals surface area contributed by atoms with Crippen LogP contribution in [0, 0.1) is 0 Å². The molecule has 1 N–H and O–H groups in total. The summed E-state index contributed by atoms with van der Waals surface area (Å²) in [6.45, 7) is 7.16. The lowest BCUT2D eigenvalue weighted by Crippen LogP contribution is -2.21. The Labute approximate surface area is 130 Å². The number of hydrogen-bond donors (Lipinski definition) is 1. The van der Waals surface area contributed by atoms with Crippen LogP contribution in [0.1, 0.15) is 25.8 Å². The fourth-order valence-electron chi connectivity index (χ4n) is 2.14. The van der Waals surface area contributed by atoms with Gasteiger partial charge in [-0.3, -0.25) is 0 Å². The maximum absolute atomic E-state index is 5.93. The lowest BCUT2D eigenvalue weighted by molar-refractivity contribution is 0.243. The van der Waals surface area contributed by atoms with E-state index in [1.54, 1.807) is 0 Å². The molecule has 1 aromatic rings. The Balaban J connectivity index is 2.59. The van der Waals surface area contributed by atoms with E-state index in [9.17, 15) is 0 Å². The first-order chi connectivity index (χ1) is 9.90. The zero-order valence-corrected chi connectivity index (χ0v) is 14.4. The van der Waals surface area contributed by atoms with Crippen molar-refractivity contribution in [2.75, 3.05) is 46.2 Å². The van der Waals surface area contributed by atoms with Gasteiger partial charge in [0.2, 0.25) is 0 Å². The highest BCUT2D eigenvalue weighted by Crippen LogP contribution is 2.29. The lowest BCUT2D eigenvalue weighted by atomic mass is 10.1. The molecule has 0 bridgehead atoms. The molecular formula is C17H31N3O. The van der Waals surface area contributed by atoms with Crippen molar-refractivity contribution < 1.29 is 4.74 Å². The Bertz CT molecular complexity index is 416. The monoisotopic (exact) mass is 293 g/mol. The maximum Gasteiger partial charge on any atom is 0.143 e. The van der Waals surface area contributed by atoms with Gasteiger partial charge in [-0.1, -0.05) is 6.07 Å². The van der Waals surface area contributed by atoms with Crippen LogP contribution < -0.4 is 15.0 Å². The molecule has 0 saturated heterocycles. The van der Waals surface area contributed by atoms with Crippen molar-refractivity contribution in [3.05, 3.63) is 23.8 Å². The predicted molar refractivity (Wildman–Crippen MR) is 91.4 cm³/mol. The van der Waals surface area contributed by atoms with E-state index in [2.05, 4.69) is 61.3 Å². The molecule has 0 fully saturated rings. The molecule has 0 amide bonds. The van der Waals surface area contributed by atoms with Gasteiger partial charge in [-0.2, -0.15) is 0 Å². The van der Waals surface area contributed by atoms with E-state index < -0.39 is 0 Å². The highest BCUT2D eigenvalue weighted by Gasteiger charge is 2.08. The average Bonchev–Trinajstić information content (AvgIpc) is 2.37. The predicted octanol–water partition coefficient (Wildman–Crippen LogP) is 2.58. The summed E-state index contributed by atoms with van der Waals surface area (Å²) in [5.74, 6) is 0.961. The van der Waals surface area contributed by atoms with Gasteiger partial charge in [0.15, 0.2) is 0 Å². The first kappa shape index (κ1) is 17.8. The molecule has 0 unspecified atom stereocenters. The zero-order chi connectivity index (χ0) is 15.8. The van der Waals surface area contributed by atoms with E-state index in [1.807, 2.05) is 14.1 Å². The number of anilines is 1. The Kier molecular flexibility index (Phi) is 7.54. The molecule has 0 aliphatic carbocycles. The van der Waals surface area contributed by atoms with Gasteiger partial charge in [0.05, 0.1) is 11.8 Å². The largest absolute Gasteiger partial charge is 0.489 e. The van der Waals surface area contributed by atoms with E-state index in [4.69, 9.17) is 4.74 Å². The number of nitrogens with zero attached hydrogens (tertiary/aromatic N) is 2. The van der Waals surface area contributed by atoms with Crippen LogP contribution in [0.3, 0.4) is 0 Å². The molecule has 0 aromatic heterocycles. The van der Waals surface area contributed by atoms with Gasteiger partial charge < -0.3 is 19.9 Å². The van der Waals surface area contributed by atoms with E-state index in [0.29, 0.717) is 0 Å². The number of nitrogens with one attached hydrogen (secondary N) is 1. The Morgan fingerprint density at radius 1 is 1.14 bits per heavy atom. The molecule has 0 aliphatic rings. The highest BCUT2D eigenvalue weighted by molar-refractivity contribution is 5.59. The van der Waals surface area contributed by atoms with E-state index in [-0.39, 0.29) is 6.10 Å². The van der Waals surface area contributed by atoms with Crippen molar-refractivity contribution in [3.63, 3.8) is 0 Å². The van der Waals surface area contributed by atoms with Crippen LogP contribution in [0.25, 0.3) is 0 Å². The van der Waals surface area contributed by atoms with Crippen molar-refractivity contribution in [2.45, 2.75) is 32.9 Å². The third kappa shape index (κ3) is 6.82. The molecule has 4 nitrogen and oxygen atoms in total. The normalized spacial score (nSPS) is 11.2. The summed E-state index contributed by atoms with van der Waals surface area (Å²) in [7, 11) is 8.30. The van der Waals surface area contributed by atoms with Crippen molar-refractivity contribution in [1.29, 1.82) is 0 Å². The van der Waals surface area contributed by atoms with Crippen LogP contribution in [0.5, 0.6) is 5.75 Å². The second-order valence-corrected chi connectivity index (χ2v) is 6.20. The van der Waals surface area contributed by atoms with Gasteiger partial charge in [0.1, 0.15) is 5.75 Å². The summed E-state index contributed by atoms with van der Waals surface area (Å²) in [5, 5.41) is 3.49. The van der Waals surface area contributed by atoms with Crippen molar-refractivity contribution in [3.8, 4) is 5.75 Å². The Morgan fingerprint density at radius 2 is 1.86 bits per heavy atom. The summed E-state index contributed by atoms with van der Waals surface area (Å²) in [6, 6.07) is 6.45. The summed E-state index contributed by atoms with van der Waals surface area (Å²) in [6.07, 6.45) is 1.35. The van der Waals surface area contributed by atoms with E-state index in [0.717, 1.165) is 37.5 Å².